The van der Waals surface area contributed by atoms with Crippen molar-refractivity contribution >= 4 is 29.3 Å². The molecule has 28 heavy (non-hydrogen) atoms. The summed E-state index contributed by atoms with van der Waals surface area (Å²) in [6, 6.07) is 14.1. The van der Waals surface area contributed by atoms with Crippen molar-refractivity contribution in [2.75, 3.05) is 31.4 Å². The van der Waals surface area contributed by atoms with Crippen molar-refractivity contribution in [1.29, 1.82) is 0 Å². The molecule has 1 fully saturated rings. The summed E-state index contributed by atoms with van der Waals surface area (Å²) in [5, 5.41) is 2.75. The van der Waals surface area contributed by atoms with Gasteiger partial charge in [-0.3, -0.25) is 4.79 Å². The fourth-order valence-corrected chi connectivity index (χ4v) is 3.35. The highest BCUT2D eigenvalue weighted by Gasteiger charge is 2.16. The van der Waals surface area contributed by atoms with Crippen LogP contribution in [0.5, 0.6) is 5.75 Å². The Morgan fingerprint density at radius 1 is 1.18 bits per heavy atom. The Labute approximate surface area is 168 Å². The van der Waals surface area contributed by atoms with Crippen LogP contribution in [0.3, 0.4) is 0 Å². The molecule has 0 radical (unpaired) electrons. The lowest BCUT2D eigenvalue weighted by atomic mass is 10.2. The fourth-order valence-electron chi connectivity index (χ4n) is 2.80. The molecule has 1 atom stereocenters. The highest BCUT2D eigenvalue weighted by Crippen LogP contribution is 2.24. The van der Waals surface area contributed by atoms with Gasteiger partial charge in [-0.2, -0.15) is 0 Å². The first kappa shape index (κ1) is 20.2. The van der Waals surface area contributed by atoms with E-state index in [1.807, 2.05) is 24.5 Å². The van der Waals surface area contributed by atoms with E-state index in [1.54, 1.807) is 30.3 Å². The van der Waals surface area contributed by atoms with Crippen LogP contribution in [0.1, 0.15) is 23.2 Å². The average molecular weight is 401 g/mol. The summed E-state index contributed by atoms with van der Waals surface area (Å²) in [4.78, 5) is 25.1. The van der Waals surface area contributed by atoms with Crippen LogP contribution in [-0.2, 0) is 14.3 Å². The molecule has 0 aromatic heterocycles. The zero-order valence-electron chi connectivity index (χ0n) is 15.7. The topological polar surface area (TPSA) is 73.9 Å². The van der Waals surface area contributed by atoms with E-state index in [9.17, 15) is 9.59 Å². The molecule has 2 aromatic carbocycles. The molecule has 1 aliphatic heterocycles. The van der Waals surface area contributed by atoms with Crippen LogP contribution in [0.2, 0.25) is 0 Å². The summed E-state index contributed by atoms with van der Waals surface area (Å²) in [5.41, 5.74) is 1.06. The van der Waals surface area contributed by atoms with Crippen molar-refractivity contribution in [3.8, 4) is 5.75 Å². The number of esters is 1. The van der Waals surface area contributed by atoms with Crippen LogP contribution >= 0.6 is 11.8 Å². The van der Waals surface area contributed by atoms with Gasteiger partial charge < -0.3 is 19.5 Å². The zero-order chi connectivity index (χ0) is 19.8. The lowest BCUT2D eigenvalue weighted by Crippen LogP contribution is -2.21. The summed E-state index contributed by atoms with van der Waals surface area (Å²) >= 11 is 1.53. The maximum atomic E-state index is 12.1. The number of carbonyl (C=O) groups excluding carboxylic acids is 2. The Bertz CT molecular complexity index is 803. The number of para-hydroxylation sites is 1. The van der Waals surface area contributed by atoms with Crippen LogP contribution in [0.15, 0.2) is 53.4 Å². The smallest absolute Gasteiger partial charge is 0.338 e. The van der Waals surface area contributed by atoms with E-state index in [0.29, 0.717) is 23.6 Å². The van der Waals surface area contributed by atoms with Gasteiger partial charge in [0.15, 0.2) is 6.61 Å². The molecule has 0 saturated carbocycles. The zero-order valence-corrected chi connectivity index (χ0v) is 16.5. The normalized spacial score (nSPS) is 15.8. The lowest BCUT2D eigenvalue weighted by molar-refractivity contribution is -0.119. The van der Waals surface area contributed by atoms with E-state index in [-0.39, 0.29) is 18.6 Å². The summed E-state index contributed by atoms with van der Waals surface area (Å²) in [6.45, 7) is 0.940. The van der Waals surface area contributed by atoms with Crippen LogP contribution in [0, 0.1) is 0 Å². The molecule has 7 heteroatoms. The molecule has 0 aliphatic carbocycles. The molecule has 2 aromatic rings. The number of anilines is 1. The van der Waals surface area contributed by atoms with Gasteiger partial charge in [0.25, 0.3) is 5.91 Å². The number of nitrogens with one attached hydrogen (secondary N) is 1. The Morgan fingerprint density at radius 2 is 1.96 bits per heavy atom. The van der Waals surface area contributed by atoms with Crippen LogP contribution < -0.4 is 10.1 Å². The standard InChI is InChI=1S/C21H23NO5S/c1-28-19-7-3-2-6-18(19)22-20(23)14-27-21(24)15-8-10-16(11-9-15)26-13-17-5-4-12-25-17/h2-3,6-11,17H,4-5,12-14H2,1H3,(H,22,23)/t17-/m1/s1. The molecule has 1 aliphatic rings. The minimum atomic E-state index is -0.557. The van der Waals surface area contributed by atoms with Gasteiger partial charge >= 0.3 is 5.97 Å². The predicted octanol–water partition coefficient (Wildman–Crippen LogP) is 3.76. The Morgan fingerprint density at radius 3 is 2.68 bits per heavy atom. The number of carbonyl (C=O) groups is 2. The Balaban J connectivity index is 1.45. The van der Waals surface area contributed by atoms with Gasteiger partial charge in [0.1, 0.15) is 12.4 Å². The average Bonchev–Trinajstić information content (AvgIpc) is 3.25. The number of rotatable bonds is 8. The molecule has 1 N–H and O–H groups in total. The maximum absolute atomic E-state index is 12.1. The quantitative estimate of drug-likeness (QED) is 0.536. The molecule has 6 nitrogen and oxygen atoms in total. The lowest BCUT2D eigenvalue weighted by Gasteiger charge is -2.12. The largest absolute Gasteiger partial charge is 0.491 e. The van der Waals surface area contributed by atoms with Gasteiger partial charge in [-0.1, -0.05) is 12.1 Å². The first-order valence-electron chi connectivity index (χ1n) is 9.10. The highest BCUT2D eigenvalue weighted by atomic mass is 32.2. The van der Waals surface area contributed by atoms with Gasteiger partial charge in [0.05, 0.1) is 17.4 Å². The third-order valence-electron chi connectivity index (χ3n) is 4.27. The first-order valence-corrected chi connectivity index (χ1v) is 10.3. The third-order valence-corrected chi connectivity index (χ3v) is 5.06. The molecule has 1 amide bonds. The van der Waals surface area contributed by atoms with E-state index < -0.39 is 5.97 Å². The predicted molar refractivity (Wildman–Crippen MR) is 108 cm³/mol. The minimum Gasteiger partial charge on any atom is -0.491 e. The highest BCUT2D eigenvalue weighted by molar-refractivity contribution is 7.98. The van der Waals surface area contributed by atoms with Crippen molar-refractivity contribution in [1.82, 2.24) is 0 Å². The van der Waals surface area contributed by atoms with E-state index in [4.69, 9.17) is 14.2 Å². The number of ether oxygens (including phenoxy) is 3. The van der Waals surface area contributed by atoms with Crippen LogP contribution in [0.25, 0.3) is 0 Å². The van der Waals surface area contributed by atoms with Crippen molar-refractivity contribution in [2.45, 2.75) is 23.8 Å². The Hall–Kier alpha value is -2.51. The second-order valence-electron chi connectivity index (χ2n) is 6.30. The van der Waals surface area contributed by atoms with E-state index in [0.717, 1.165) is 24.3 Å². The maximum Gasteiger partial charge on any atom is 0.338 e. The first-order chi connectivity index (χ1) is 13.7. The summed E-state index contributed by atoms with van der Waals surface area (Å²) < 4.78 is 16.3. The van der Waals surface area contributed by atoms with Gasteiger partial charge in [-0.15, -0.1) is 11.8 Å². The van der Waals surface area contributed by atoms with Gasteiger partial charge in [0.2, 0.25) is 0 Å². The number of thioether (sulfide) groups is 1. The van der Waals surface area contributed by atoms with E-state index >= 15 is 0 Å². The molecular weight excluding hydrogens is 378 g/mol. The number of amides is 1. The number of hydrogen-bond donors (Lipinski definition) is 1. The summed E-state index contributed by atoms with van der Waals surface area (Å²) in [7, 11) is 0. The number of hydrogen-bond acceptors (Lipinski definition) is 6. The van der Waals surface area contributed by atoms with Crippen LogP contribution in [-0.4, -0.2) is 44.1 Å². The SMILES string of the molecule is CSc1ccccc1NC(=O)COC(=O)c1ccc(OC[C@H]2CCCO2)cc1. The summed E-state index contributed by atoms with van der Waals surface area (Å²) in [6.07, 6.45) is 4.14. The Kier molecular flexibility index (Phi) is 7.33. The fraction of sp³-hybridized carbons (Fsp3) is 0.333. The molecule has 0 spiro atoms. The molecule has 0 unspecified atom stereocenters. The molecule has 148 valence electrons. The third kappa shape index (κ3) is 5.74. The van der Waals surface area contributed by atoms with Gasteiger partial charge in [0, 0.05) is 11.5 Å². The van der Waals surface area contributed by atoms with Crippen molar-refractivity contribution in [3.05, 3.63) is 54.1 Å². The van der Waals surface area contributed by atoms with Crippen molar-refractivity contribution in [2.24, 2.45) is 0 Å². The molecule has 0 bridgehead atoms. The molecule has 3 rings (SSSR count). The van der Waals surface area contributed by atoms with Crippen molar-refractivity contribution in [3.63, 3.8) is 0 Å². The minimum absolute atomic E-state index is 0.138. The van der Waals surface area contributed by atoms with Gasteiger partial charge in [-0.25, -0.2) is 4.79 Å². The van der Waals surface area contributed by atoms with Crippen LogP contribution in [0.4, 0.5) is 5.69 Å². The number of benzene rings is 2. The second kappa shape index (κ2) is 10.1. The molecular formula is C21H23NO5S. The summed E-state index contributed by atoms with van der Waals surface area (Å²) in [5.74, 6) is -0.274. The van der Waals surface area contributed by atoms with E-state index in [2.05, 4.69) is 5.32 Å². The molecule has 1 heterocycles. The monoisotopic (exact) mass is 401 g/mol. The van der Waals surface area contributed by atoms with Gasteiger partial charge in [-0.05, 0) is 55.5 Å². The second-order valence-corrected chi connectivity index (χ2v) is 7.14. The van der Waals surface area contributed by atoms with E-state index in [1.165, 1.54) is 11.8 Å². The van der Waals surface area contributed by atoms with Crippen molar-refractivity contribution < 1.29 is 23.8 Å². The molecule has 1 saturated heterocycles.